The summed E-state index contributed by atoms with van der Waals surface area (Å²) in [7, 11) is 1.46. The third-order valence-corrected chi connectivity index (χ3v) is 3.54. The molecular formula is C18H19NO6. The van der Waals surface area contributed by atoms with Crippen LogP contribution < -0.4 is 9.47 Å². The van der Waals surface area contributed by atoms with Crippen molar-refractivity contribution in [1.82, 2.24) is 0 Å². The van der Waals surface area contributed by atoms with E-state index in [1.807, 2.05) is 0 Å². The highest BCUT2D eigenvalue weighted by Gasteiger charge is 2.17. The van der Waals surface area contributed by atoms with E-state index in [0.29, 0.717) is 28.4 Å². The normalized spacial score (nSPS) is 10.2. The fourth-order valence-electron chi connectivity index (χ4n) is 2.43. The van der Waals surface area contributed by atoms with Crippen LogP contribution in [0.1, 0.15) is 28.4 Å². The third-order valence-electron chi connectivity index (χ3n) is 3.54. The van der Waals surface area contributed by atoms with Crippen LogP contribution in [0.2, 0.25) is 0 Å². The van der Waals surface area contributed by atoms with Gasteiger partial charge < -0.3 is 14.2 Å². The topological polar surface area (TPSA) is 87.9 Å². The quantitative estimate of drug-likeness (QED) is 0.443. The lowest BCUT2D eigenvalue weighted by molar-refractivity contribution is -0.385. The average molecular weight is 345 g/mol. The molecule has 25 heavy (non-hydrogen) atoms. The van der Waals surface area contributed by atoms with E-state index >= 15 is 0 Å². The molecule has 0 saturated heterocycles. The fourth-order valence-corrected chi connectivity index (χ4v) is 2.43. The number of benzene rings is 2. The van der Waals surface area contributed by atoms with Gasteiger partial charge in [0.05, 0.1) is 18.6 Å². The number of nitro benzene ring substituents is 1. The predicted octanol–water partition coefficient (Wildman–Crippen LogP) is 4.19. The second-order valence-corrected chi connectivity index (χ2v) is 5.35. The molecule has 7 heteroatoms. The molecule has 0 heterocycles. The number of carbonyl (C=O) groups excluding carboxylic acids is 1. The Kier molecular flexibility index (Phi) is 5.59. The van der Waals surface area contributed by atoms with E-state index in [4.69, 9.17) is 14.2 Å². The maximum Gasteiger partial charge on any atom is 0.342 e. The van der Waals surface area contributed by atoms with Gasteiger partial charge in [-0.1, -0.05) is 0 Å². The molecule has 132 valence electrons. The summed E-state index contributed by atoms with van der Waals surface area (Å²) in [6, 6.07) is 7.67. The van der Waals surface area contributed by atoms with Gasteiger partial charge in [-0.15, -0.1) is 0 Å². The first kappa shape index (κ1) is 18.3. The van der Waals surface area contributed by atoms with Crippen molar-refractivity contribution in [3.8, 4) is 17.2 Å². The number of hydrogen-bond acceptors (Lipinski definition) is 6. The van der Waals surface area contributed by atoms with Crippen LogP contribution in [-0.2, 0) is 4.74 Å². The molecule has 2 aromatic carbocycles. The van der Waals surface area contributed by atoms with Gasteiger partial charge in [0, 0.05) is 12.1 Å². The minimum atomic E-state index is -0.512. The van der Waals surface area contributed by atoms with E-state index in [1.54, 1.807) is 32.9 Å². The Morgan fingerprint density at radius 3 is 2.32 bits per heavy atom. The molecule has 0 radical (unpaired) electrons. The van der Waals surface area contributed by atoms with Crippen LogP contribution in [0.4, 0.5) is 5.69 Å². The molecule has 0 unspecified atom stereocenters. The third kappa shape index (κ3) is 4.06. The van der Waals surface area contributed by atoms with Gasteiger partial charge in [-0.25, -0.2) is 4.79 Å². The van der Waals surface area contributed by atoms with Crippen molar-refractivity contribution in [2.24, 2.45) is 0 Å². The number of nitrogens with zero attached hydrogens (tertiary/aromatic N) is 1. The number of hydrogen-bond donors (Lipinski definition) is 0. The standard InChI is InChI=1S/C18H19NO6/c1-5-24-18(20)15-10-14(6-7-16(15)23-4)25-17-11(2)8-13(19(21)22)9-12(17)3/h6-10H,5H2,1-4H3. The molecule has 0 amide bonds. The summed E-state index contributed by atoms with van der Waals surface area (Å²) >= 11 is 0. The second kappa shape index (κ2) is 7.65. The van der Waals surface area contributed by atoms with Crippen molar-refractivity contribution in [3.63, 3.8) is 0 Å². The van der Waals surface area contributed by atoms with Crippen molar-refractivity contribution < 1.29 is 23.9 Å². The lowest BCUT2D eigenvalue weighted by atomic mass is 10.1. The Morgan fingerprint density at radius 1 is 1.16 bits per heavy atom. The van der Waals surface area contributed by atoms with Crippen LogP contribution in [0.15, 0.2) is 30.3 Å². The number of rotatable bonds is 6. The van der Waals surface area contributed by atoms with Gasteiger partial charge in [-0.3, -0.25) is 10.1 Å². The molecule has 7 nitrogen and oxygen atoms in total. The summed E-state index contributed by atoms with van der Waals surface area (Å²) in [4.78, 5) is 22.5. The van der Waals surface area contributed by atoms with Gasteiger partial charge in [-0.05, 0) is 50.1 Å². The molecule has 0 aliphatic carbocycles. The highest BCUT2D eigenvalue weighted by molar-refractivity contribution is 5.93. The van der Waals surface area contributed by atoms with E-state index in [1.165, 1.54) is 25.3 Å². The molecule has 0 atom stereocenters. The van der Waals surface area contributed by atoms with E-state index in [-0.39, 0.29) is 17.9 Å². The molecule has 0 fully saturated rings. The average Bonchev–Trinajstić information content (AvgIpc) is 2.57. The lowest BCUT2D eigenvalue weighted by Gasteiger charge is -2.14. The second-order valence-electron chi connectivity index (χ2n) is 5.35. The zero-order chi connectivity index (χ0) is 18.6. The first-order chi connectivity index (χ1) is 11.9. The summed E-state index contributed by atoms with van der Waals surface area (Å²) < 4.78 is 16.0. The number of methoxy groups -OCH3 is 1. The minimum absolute atomic E-state index is 0.00398. The maximum absolute atomic E-state index is 12.0. The molecule has 2 rings (SSSR count). The Bertz CT molecular complexity index is 792. The molecule has 0 saturated carbocycles. The monoisotopic (exact) mass is 345 g/mol. The number of carbonyl (C=O) groups is 1. The predicted molar refractivity (Wildman–Crippen MR) is 91.6 cm³/mol. The van der Waals surface area contributed by atoms with Crippen molar-refractivity contribution in [1.29, 1.82) is 0 Å². The highest BCUT2D eigenvalue weighted by Crippen LogP contribution is 2.34. The number of ether oxygens (including phenoxy) is 3. The van der Waals surface area contributed by atoms with Crippen LogP contribution in [0.25, 0.3) is 0 Å². The molecule has 0 aliphatic heterocycles. The highest BCUT2D eigenvalue weighted by atomic mass is 16.6. The summed E-state index contributed by atoms with van der Waals surface area (Å²) in [6.07, 6.45) is 0. The van der Waals surface area contributed by atoms with Gasteiger partial charge in [-0.2, -0.15) is 0 Å². The number of esters is 1. The molecule has 0 aliphatic rings. The molecule has 0 spiro atoms. The molecule has 0 bridgehead atoms. The van der Waals surface area contributed by atoms with Crippen LogP contribution in [-0.4, -0.2) is 24.6 Å². The van der Waals surface area contributed by atoms with E-state index in [0.717, 1.165) is 0 Å². The van der Waals surface area contributed by atoms with Crippen molar-refractivity contribution in [2.45, 2.75) is 20.8 Å². The van der Waals surface area contributed by atoms with E-state index in [9.17, 15) is 14.9 Å². The van der Waals surface area contributed by atoms with Crippen molar-refractivity contribution in [2.75, 3.05) is 13.7 Å². The Balaban J connectivity index is 2.39. The first-order valence-corrected chi connectivity index (χ1v) is 7.66. The molecule has 0 N–H and O–H groups in total. The van der Waals surface area contributed by atoms with Crippen LogP contribution >= 0.6 is 0 Å². The van der Waals surface area contributed by atoms with Gasteiger partial charge in [0.2, 0.25) is 0 Å². The summed E-state index contributed by atoms with van der Waals surface area (Å²) in [6.45, 7) is 5.41. The lowest BCUT2D eigenvalue weighted by Crippen LogP contribution is -2.07. The molecule has 0 aromatic heterocycles. The zero-order valence-corrected chi connectivity index (χ0v) is 14.5. The Labute approximate surface area is 145 Å². The summed E-state index contributed by atoms with van der Waals surface area (Å²) in [5.74, 6) is 0.777. The maximum atomic E-state index is 12.0. The molecular weight excluding hydrogens is 326 g/mol. The first-order valence-electron chi connectivity index (χ1n) is 7.66. The van der Waals surface area contributed by atoms with Crippen LogP contribution in [0, 0.1) is 24.0 Å². The zero-order valence-electron chi connectivity index (χ0n) is 14.5. The smallest absolute Gasteiger partial charge is 0.342 e. The summed E-state index contributed by atoms with van der Waals surface area (Å²) in [5, 5.41) is 10.9. The van der Waals surface area contributed by atoms with Gasteiger partial charge in [0.25, 0.3) is 5.69 Å². The van der Waals surface area contributed by atoms with Crippen molar-refractivity contribution >= 4 is 11.7 Å². The Hall–Kier alpha value is -3.09. The van der Waals surface area contributed by atoms with Gasteiger partial charge in [0.1, 0.15) is 22.8 Å². The van der Waals surface area contributed by atoms with Crippen molar-refractivity contribution in [3.05, 3.63) is 57.1 Å². The Morgan fingerprint density at radius 2 is 1.80 bits per heavy atom. The number of aryl methyl sites for hydroxylation is 2. The summed E-state index contributed by atoms with van der Waals surface area (Å²) in [5.41, 5.74) is 1.50. The number of non-ortho nitro benzene ring substituents is 1. The van der Waals surface area contributed by atoms with E-state index < -0.39 is 10.9 Å². The fraction of sp³-hybridized carbons (Fsp3) is 0.278. The van der Waals surface area contributed by atoms with Gasteiger partial charge >= 0.3 is 5.97 Å². The minimum Gasteiger partial charge on any atom is -0.496 e. The van der Waals surface area contributed by atoms with Crippen LogP contribution in [0.3, 0.4) is 0 Å². The van der Waals surface area contributed by atoms with Crippen LogP contribution in [0.5, 0.6) is 17.2 Å². The van der Waals surface area contributed by atoms with Gasteiger partial charge in [0.15, 0.2) is 0 Å². The largest absolute Gasteiger partial charge is 0.496 e. The number of nitro groups is 1. The SMILES string of the molecule is CCOC(=O)c1cc(Oc2c(C)cc([N+](=O)[O-])cc2C)ccc1OC. The van der Waals surface area contributed by atoms with E-state index in [2.05, 4.69) is 0 Å². The molecule has 2 aromatic rings.